The molecule has 12 heterocycles. The smallest absolute Gasteiger partial charge is 0.440 e. The molecule has 0 fully saturated rings. The summed E-state index contributed by atoms with van der Waals surface area (Å²) in [7, 11) is 4.26. The van der Waals surface area contributed by atoms with E-state index in [9.17, 15) is 104 Å². The van der Waals surface area contributed by atoms with E-state index in [0.717, 1.165) is 57.4 Å². The van der Waals surface area contributed by atoms with E-state index in [1.54, 1.807) is 67.6 Å². The van der Waals surface area contributed by atoms with Crippen LogP contribution >= 0.6 is 23.1 Å². The Labute approximate surface area is 698 Å². The lowest BCUT2D eigenvalue weighted by molar-refractivity contribution is -0.140. The first-order valence-electron chi connectivity index (χ1n) is 32.7. The van der Waals surface area contributed by atoms with Crippen LogP contribution in [0.15, 0.2) is 97.2 Å². The number of oxime groups is 1. The Morgan fingerprint density at radius 1 is 0.677 bits per heavy atom. The van der Waals surface area contributed by atoms with E-state index in [2.05, 4.69) is 164 Å². The van der Waals surface area contributed by atoms with Crippen LogP contribution in [0, 0.1) is 73.8 Å². The molecule has 61 nitrogen and oxygen atoms in total. The summed E-state index contributed by atoms with van der Waals surface area (Å²) in [5, 5.41) is 76.1. The van der Waals surface area contributed by atoms with Gasteiger partial charge in [0.15, 0.2) is 17.8 Å². The zero-order chi connectivity index (χ0) is 96.4. The molecule has 5 amide bonds. The maximum Gasteiger partial charge on any atom is 0.440 e. The lowest BCUT2D eigenvalue weighted by Gasteiger charge is -2.04. The number of nitrogens with one attached hydrogen (secondary N) is 18. The van der Waals surface area contributed by atoms with E-state index in [0.29, 0.717) is 53.0 Å². The zero-order valence-corrected chi connectivity index (χ0v) is 71.3. The number of halogens is 3. The summed E-state index contributed by atoms with van der Waals surface area (Å²) < 4.78 is 77.9. The van der Waals surface area contributed by atoms with Crippen LogP contribution in [0.5, 0.6) is 5.75 Å². The lowest BCUT2D eigenvalue weighted by Crippen LogP contribution is -2.32. The molecule has 2 aliphatic rings. The molecule has 0 aliphatic carbocycles. The monoisotopic (exact) mass is 1840 g/mol. The molecule has 67 heteroatoms. The largest absolute Gasteiger partial charge is 0.504 e. The van der Waals surface area contributed by atoms with Crippen molar-refractivity contribution in [2.24, 2.45) is 23.6 Å². The van der Waals surface area contributed by atoms with Gasteiger partial charge in [-0.3, -0.25) is 97.7 Å². The molecule has 0 radical (unpaired) electrons. The van der Waals surface area contributed by atoms with Crippen molar-refractivity contribution in [2.75, 3.05) is 20.2 Å². The minimum absolute atomic E-state index is 0.0394. The number of H-pyrrole nitrogens is 12. The van der Waals surface area contributed by atoms with Crippen molar-refractivity contribution in [3.63, 3.8) is 0 Å². The van der Waals surface area contributed by atoms with E-state index >= 15 is 0 Å². The van der Waals surface area contributed by atoms with Gasteiger partial charge in [0.05, 0.1) is 26.3 Å². The van der Waals surface area contributed by atoms with Gasteiger partial charge in [0, 0.05) is 102 Å². The number of carbonyl (C=O) groups excluding carboxylic acids is 6. The number of aromatic hydroxyl groups is 1. The van der Waals surface area contributed by atoms with Gasteiger partial charge in [-0.2, -0.15) is 56.4 Å². The zero-order valence-electron chi connectivity index (χ0n) is 68.9. The fourth-order valence-corrected chi connectivity index (χ4v) is 6.43. The summed E-state index contributed by atoms with van der Waals surface area (Å²) in [5.74, 6) is 0.771. The van der Waals surface area contributed by atoms with Gasteiger partial charge in [-0.25, -0.2) is 74.5 Å². The van der Waals surface area contributed by atoms with Crippen molar-refractivity contribution in [1.82, 2.24) is 153 Å². The van der Waals surface area contributed by atoms with Crippen LogP contribution in [0.2, 0.25) is 0 Å². The molecule has 2 aliphatic heterocycles. The van der Waals surface area contributed by atoms with E-state index in [1.807, 2.05) is 24.1 Å². The van der Waals surface area contributed by atoms with Crippen LogP contribution in [0.3, 0.4) is 0 Å². The summed E-state index contributed by atoms with van der Waals surface area (Å²) in [6.45, 7) is 26.4. The summed E-state index contributed by atoms with van der Waals surface area (Å²) in [5.41, 5.74) is 4.91. The van der Waals surface area contributed by atoms with Crippen molar-refractivity contribution < 1.29 is 88.4 Å². The highest BCUT2D eigenvalue weighted by atomic mass is 32.2. The Morgan fingerprint density at radius 2 is 1.26 bits per heavy atom. The van der Waals surface area contributed by atoms with Gasteiger partial charge in [-0.15, -0.1) is 19.7 Å². The fourth-order valence-electron chi connectivity index (χ4n) is 5.02. The maximum atomic E-state index is 11.2. The van der Waals surface area contributed by atoms with Crippen LogP contribution in [0.4, 0.5) is 13.2 Å². The number of rotatable bonds is 3. The number of hydroxylamine groups is 3. The van der Waals surface area contributed by atoms with Crippen LogP contribution in [0.25, 0.3) is 0 Å². The van der Waals surface area contributed by atoms with Crippen molar-refractivity contribution in [3.05, 3.63) is 188 Å². The molecule has 13 rings (SSSR count). The number of nitriles is 1. The van der Waals surface area contributed by atoms with Gasteiger partial charge in [0.2, 0.25) is 40.9 Å². The molecule has 20 N–H and O–H groups in total. The van der Waals surface area contributed by atoms with E-state index in [-0.39, 0.29) is 67.2 Å². The number of alkyl halides is 3. The third-order valence-electron chi connectivity index (χ3n) is 9.86. The third-order valence-corrected chi connectivity index (χ3v) is 11.8. The van der Waals surface area contributed by atoms with E-state index < -0.39 is 69.6 Å². The number of carbonyl (C=O) groups is 6. The number of hydrogen-bond donors (Lipinski definition) is 20. The van der Waals surface area contributed by atoms with E-state index in [1.165, 1.54) is 79.6 Å². The molecule has 1 unspecified atom stereocenters. The number of aromatic amines is 12. The predicted octanol–water partition coefficient (Wildman–Crippen LogP) is -5.25. The summed E-state index contributed by atoms with van der Waals surface area (Å²) in [4.78, 5) is 200. The molecule has 1 aromatic carbocycles. The van der Waals surface area contributed by atoms with Crippen molar-refractivity contribution in [2.45, 2.75) is 130 Å². The third kappa shape index (κ3) is 72.8. The lowest BCUT2D eigenvalue weighted by atomic mass is 10.1. The van der Waals surface area contributed by atoms with Gasteiger partial charge < -0.3 is 39.1 Å². The summed E-state index contributed by atoms with van der Waals surface area (Å²) >= 11 is 0.410. The molecular formula is C57H88F3N33O28S3. The molecule has 1 atom stereocenters. The molecule has 0 bridgehead atoms. The number of amides is 5. The first kappa shape index (κ1) is 117. The van der Waals surface area contributed by atoms with Crippen molar-refractivity contribution >= 4 is 81.4 Å². The van der Waals surface area contributed by atoms with Gasteiger partial charge in [-0.05, 0) is 86.6 Å². The topological polar surface area (TPSA) is 894 Å². The minimum Gasteiger partial charge on any atom is -0.504 e. The number of nitrogens with zero attached hydrogens (tertiary/aromatic N) is 15. The van der Waals surface area contributed by atoms with Gasteiger partial charge in [0.1, 0.15) is 41.4 Å². The second-order valence-electron chi connectivity index (χ2n) is 21.2. The SMILES string of the molecule is CC(=O)NC#N.CC(=O)NCC(F)(F)F.CC(=O)NO.CC1=NOC(=O)C1.CC1=NS(=O)ON1.CCNC(C)=O.CONC(C)=O.Cc1c(O)c(=O)c1=O.Cc1cc(=O)[nH][nH]1.Cc1cc(=O)[nH]o1.Cc1n[nH]c(=O)[nH]1.Cc1n[nH]c(=O)o1.Cc1nn[nH]n1.Cc1noc(=O)[nH]1.Cc1nsc(=O)[nH]1.Cc1nsc(=O)[nH]1.Cn1nn[nH]c1=O.Cn1oc(=O)[nH]c1=O. The number of hydrogen-bond acceptors (Lipinski definition) is 43. The highest BCUT2D eigenvalue weighted by Gasteiger charge is 2.27. The van der Waals surface area contributed by atoms with Crippen LogP contribution < -0.4 is 98.5 Å². The quantitative estimate of drug-likeness (QED) is 0.0196. The first-order valence-corrected chi connectivity index (χ1v) is 35.3. The highest BCUT2D eigenvalue weighted by Crippen LogP contribution is 2.11. The Morgan fingerprint density at radius 3 is 1.36 bits per heavy atom. The highest BCUT2D eigenvalue weighted by molar-refractivity contribution is 7.79. The Hall–Kier alpha value is -15.6. The van der Waals surface area contributed by atoms with Crippen molar-refractivity contribution in [1.29, 1.82) is 5.26 Å². The number of aryl methyl sites for hydroxylation is 10. The Kier molecular flexibility index (Phi) is 63.5. The second-order valence-corrected chi connectivity index (χ2v) is 23.5. The molecular weight excluding hydrogens is 1750 g/mol. The summed E-state index contributed by atoms with van der Waals surface area (Å²) in [6, 6.07) is 2.89. The van der Waals surface area contributed by atoms with Crippen LogP contribution in [-0.2, 0) is 68.1 Å². The number of amidine groups is 1. The number of aromatic nitrogens is 24. The van der Waals surface area contributed by atoms with Crippen molar-refractivity contribution in [3.8, 4) is 11.9 Å². The average Bonchev–Trinajstić information content (AvgIpc) is 1.24. The predicted molar refractivity (Wildman–Crippen MR) is 420 cm³/mol. The van der Waals surface area contributed by atoms with Crippen LogP contribution in [0.1, 0.15) is 114 Å². The second kappa shape index (κ2) is 67.3. The van der Waals surface area contributed by atoms with Gasteiger partial charge in [0.25, 0.3) is 16.5 Å². The Balaban J connectivity index is -0.000000404. The summed E-state index contributed by atoms with van der Waals surface area (Å²) in [6.07, 6.45) is -2.47. The molecule has 10 aromatic heterocycles. The Bertz CT molecular complexity index is 5190. The fraction of sp³-hybridized carbons (Fsp3) is 0.421. The molecule has 0 saturated heterocycles. The molecule has 0 saturated carbocycles. The van der Waals surface area contributed by atoms with Gasteiger partial charge in [-0.1, -0.05) is 15.5 Å². The average molecular weight is 1840 g/mol. The maximum absolute atomic E-state index is 11.2. The van der Waals surface area contributed by atoms with Gasteiger partial charge >= 0.3 is 67.5 Å². The molecule has 688 valence electrons. The molecule has 124 heavy (non-hydrogen) atoms. The van der Waals surface area contributed by atoms with Crippen LogP contribution in [-0.4, -0.2) is 208 Å². The molecule has 0 spiro atoms. The first-order chi connectivity index (χ1) is 57.6. The minimum atomic E-state index is -4.30. The molecule has 11 aromatic rings. The number of tetrazole rings is 2. The standard InChI is InChI=1S/C5H4O3.C4H6F3NO.C4H6N2O.2C4H5NO2.C4H9NO.C3H5N3O.C3H4N2O3.2C3H4N2O2.2C3H4N2OS.C3H4N2O.C3H7NO2.C2H4N4O.C2H4N4.C2H4N2O2S.C2H5NO2/c1-2-3(6)5(8)4(2)7;1-3(9)8-2-4(5,6)7;1-3-2-4(7)6-5-3;1-3-2-4(6)5-7-3;1-3-2-4(6)7-5-3;1-3-5-4(2)6;1-2-4-3(7)6-5-2;1-5-2(6)4-3(7)8-5;1-2-4-5-3(6)7-2;3*1-2-4-3(6)7-5-2;1-3(6)5-2-4;1-3(5)4-6-2;1-6-2(7)3-4-5-6;1-2-3-5-6-4-2;1-2-3-6-7(5)4-2;1-2(4)3-5/h6H,1H3;2H2,1H3,(H,8,9);2H,1H3,(H2,5,6,7);2H,1H3,(H,5,6);2H2,1H3;3H2,1-2H3,(H,5,6);1H3,(H2,4,5,6,7);1H3,(H,4,6,7);1H3,(H,5,6);3*1H3,(H,4,5,6);1H3,(H,5,6);1-2H3,(H,4,5);1H3,(H,3,5,7);1H3,(H,3,4,5,6);1H3,(H,3,4);5H,1H3,(H,3,4). The van der Waals surface area contributed by atoms with E-state index in [4.69, 9.17) is 15.6 Å². The normalized spacial score (nSPS) is 10.7.